The Kier molecular flexibility index (Phi) is 2.56. The number of nitrogens with one attached hydrogen (secondary N) is 1. The van der Waals surface area contributed by atoms with Crippen molar-refractivity contribution in [3.8, 4) is 0 Å². The first kappa shape index (κ1) is 9.98. The summed E-state index contributed by atoms with van der Waals surface area (Å²) in [4.78, 5) is 0. The smallest absolute Gasteiger partial charge is 0.231 e. The molecular weight excluding hydrogens is 186 g/mol. The van der Waals surface area contributed by atoms with E-state index in [0.717, 1.165) is 5.69 Å². The maximum atomic E-state index is 5.28. The van der Waals surface area contributed by atoms with Crippen molar-refractivity contribution in [2.75, 3.05) is 5.32 Å². The average molecular weight is 199 g/mol. The monoisotopic (exact) mass is 199 g/mol. The molecule has 72 valence electrons. The standard InChI is InChI=1S/C8H13N3OS/c1-8(2,3)5-4-6(12-11-5)10-7(9)13/h4H,1-3H3,(H3,9,10,13). The van der Waals surface area contributed by atoms with Crippen LogP contribution >= 0.6 is 12.2 Å². The largest absolute Gasteiger partial charge is 0.376 e. The van der Waals surface area contributed by atoms with Crippen LogP contribution in [-0.2, 0) is 5.41 Å². The molecule has 1 aromatic rings. The number of hydrogen-bond acceptors (Lipinski definition) is 3. The molecule has 5 heteroatoms. The maximum absolute atomic E-state index is 5.28. The summed E-state index contributed by atoms with van der Waals surface area (Å²) in [5.41, 5.74) is 6.11. The van der Waals surface area contributed by atoms with Gasteiger partial charge < -0.3 is 15.6 Å². The molecule has 0 unspecified atom stereocenters. The van der Waals surface area contributed by atoms with Crippen molar-refractivity contribution in [2.45, 2.75) is 26.2 Å². The van der Waals surface area contributed by atoms with Crippen LogP contribution in [0, 0.1) is 0 Å². The molecule has 0 spiro atoms. The SMILES string of the molecule is CC(C)(C)c1cc(NC(N)=S)on1. The second-order valence-corrected chi connectivity index (χ2v) is 4.26. The van der Waals surface area contributed by atoms with Gasteiger partial charge in [-0.15, -0.1) is 0 Å². The second kappa shape index (κ2) is 3.33. The van der Waals surface area contributed by atoms with Crippen molar-refractivity contribution < 1.29 is 4.52 Å². The van der Waals surface area contributed by atoms with Gasteiger partial charge in [0.2, 0.25) is 5.88 Å². The minimum Gasteiger partial charge on any atom is -0.376 e. The van der Waals surface area contributed by atoms with Crippen molar-refractivity contribution in [3.05, 3.63) is 11.8 Å². The number of rotatable bonds is 1. The summed E-state index contributed by atoms with van der Waals surface area (Å²) in [5, 5.41) is 6.74. The van der Waals surface area contributed by atoms with E-state index in [4.69, 9.17) is 10.3 Å². The van der Waals surface area contributed by atoms with Crippen LogP contribution in [0.2, 0.25) is 0 Å². The summed E-state index contributed by atoms with van der Waals surface area (Å²) >= 11 is 4.66. The fraction of sp³-hybridized carbons (Fsp3) is 0.500. The highest BCUT2D eigenvalue weighted by Crippen LogP contribution is 2.23. The molecule has 13 heavy (non-hydrogen) atoms. The number of thiocarbonyl (C=S) groups is 1. The zero-order valence-corrected chi connectivity index (χ0v) is 8.73. The van der Waals surface area contributed by atoms with Crippen LogP contribution in [0.1, 0.15) is 26.5 Å². The molecule has 0 fully saturated rings. The first-order valence-corrected chi connectivity index (χ1v) is 4.34. The Balaban J connectivity index is 2.81. The van der Waals surface area contributed by atoms with Crippen LogP contribution in [0.3, 0.4) is 0 Å². The lowest BCUT2D eigenvalue weighted by Gasteiger charge is -2.12. The highest BCUT2D eigenvalue weighted by Gasteiger charge is 2.18. The lowest BCUT2D eigenvalue weighted by molar-refractivity contribution is 0.405. The van der Waals surface area contributed by atoms with E-state index in [1.807, 2.05) is 0 Å². The van der Waals surface area contributed by atoms with E-state index < -0.39 is 0 Å². The van der Waals surface area contributed by atoms with Gasteiger partial charge in [0.05, 0.1) is 5.69 Å². The molecule has 0 amide bonds. The fourth-order valence-electron chi connectivity index (χ4n) is 0.809. The van der Waals surface area contributed by atoms with E-state index >= 15 is 0 Å². The molecule has 0 aliphatic heterocycles. The molecule has 1 heterocycles. The Hall–Kier alpha value is -1.10. The zero-order valence-electron chi connectivity index (χ0n) is 7.92. The van der Waals surface area contributed by atoms with Gasteiger partial charge in [0.25, 0.3) is 0 Å². The predicted octanol–water partition coefficient (Wildman–Crippen LogP) is 1.63. The number of anilines is 1. The summed E-state index contributed by atoms with van der Waals surface area (Å²) in [7, 11) is 0. The lowest BCUT2D eigenvalue weighted by Crippen LogP contribution is -2.18. The summed E-state index contributed by atoms with van der Waals surface area (Å²) in [6, 6.07) is 1.79. The molecule has 0 aliphatic rings. The molecule has 0 atom stereocenters. The molecule has 1 aromatic heterocycles. The topological polar surface area (TPSA) is 64.1 Å². The van der Waals surface area contributed by atoms with Crippen LogP contribution < -0.4 is 11.1 Å². The molecule has 0 aromatic carbocycles. The van der Waals surface area contributed by atoms with Gasteiger partial charge >= 0.3 is 0 Å². The third-order valence-corrected chi connectivity index (χ3v) is 1.63. The molecular formula is C8H13N3OS. The molecule has 0 saturated heterocycles. The van der Waals surface area contributed by atoms with Crippen molar-refractivity contribution in [3.63, 3.8) is 0 Å². The van der Waals surface area contributed by atoms with E-state index in [9.17, 15) is 0 Å². The van der Waals surface area contributed by atoms with E-state index in [1.54, 1.807) is 6.07 Å². The molecule has 3 N–H and O–H groups in total. The molecule has 0 radical (unpaired) electrons. The van der Waals surface area contributed by atoms with E-state index in [2.05, 4.69) is 43.5 Å². The predicted molar refractivity (Wildman–Crippen MR) is 55.6 cm³/mol. The van der Waals surface area contributed by atoms with Crippen molar-refractivity contribution >= 4 is 23.2 Å². The van der Waals surface area contributed by atoms with E-state index in [1.165, 1.54) is 0 Å². The van der Waals surface area contributed by atoms with Gasteiger partial charge in [0.1, 0.15) is 0 Å². The minimum atomic E-state index is -0.0281. The minimum absolute atomic E-state index is 0.0281. The third kappa shape index (κ3) is 2.69. The van der Waals surface area contributed by atoms with E-state index in [-0.39, 0.29) is 10.5 Å². The Morgan fingerprint density at radius 3 is 2.62 bits per heavy atom. The Bertz CT molecular complexity index is 313. The summed E-state index contributed by atoms with van der Waals surface area (Å²) in [5.74, 6) is 0.484. The number of aromatic nitrogens is 1. The van der Waals surface area contributed by atoms with Crippen molar-refractivity contribution in [1.29, 1.82) is 0 Å². The number of nitrogens with two attached hydrogens (primary N) is 1. The normalized spacial score (nSPS) is 11.3. The Labute approximate surface area is 82.5 Å². The lowest BCUT2D eigenvalue weighted by atomic mass is 9.92. The van der Waals surface area contributed by atoms with Crippen LogP contribution in [0.15, 0.2) is 10.6 Å². The fourth-order valence-corrected chi connectivity index (χ4v) is 0.910. The molecule has 0 saturated carbocycles. The molecule has 1 rings (SSSR count). The van der Waals surface area contributed by atoms with Gasteiger partial charge in [-0.3, -0.25) is 0 Å². The van der Waals surface area contributed by atoms with Gasteiger partial charge in [-0.25, -0.2) is 0 Å². The first-order chi connectivity index (χ1) is 5.89. The Morgan fingerprint density at radius 2 is 2.23 bits per heavy atom. The highest BCUT2D eigenvalue weighted by molar-refractivity contribution is 7.80. The van der Waals surface area contributed by atoms with Gasteiger partial charge in [-0.05, 0) is 12.2 Å². The van der Waals surface area contributed by atoms with Crippen molar-refractivity contribution in [2.24, 2.45) is 5.73 Å². The number of hydrogen-bond donors (Lipinski definition) is 2. The summed E-state index contributed by atoms with van der Waals surface area (Å²) < 4.78 is 4.97. The molecule has 0 aliphatic carbocycles. The number of nitrogens with zero attached hydrogens (tertiary/aromatic N) is 1. The first-order valence-electron chi connectivity index (χ1n) is 3.93. The van der Waals surface area contributed by atoms with Gasteiger partial charge in [0.15, 0.2) is 5.11 Å². The molecule has 4 nitrogen and oxygen atoms in total. The second-order valence-electron chi connectivity index (χ2n) is 3.82. The van der Waals surface area contributed by atoms with Gasteiger partial charge in [0, 0.05) is 11.5 Å². The van der Waals surface area contributed by atoms with Crippen molar-refractivity contribution in [1.82, 2.24) is 5.16 Å². The van der Waals surface area contributed by atoms with Crippen LogP contribution in [0.25, 0.3) is 0 Å². The summed E-state index contributed by atoms with van der Waals surface area (Å²) in [6.45, 7) is 6.15. The molecule has 0 bridgehead atoms. The quantitative estimate of drug-likeness (QED) is 0.673. The third-order valence-electron chi connectivity index (χ3n) is 1.52. The zero-order chi connectivity index (χ0) is 10.1. The van der Waals surface area contributed by atoms with Crippen LogP contribution in [-0.4, -0.2) is 10.3 Å². The van der Waals surface area contributed by atoms with Crippen LogP contribution in [0.5, 0.6) is 0 Å². The van der Waals surface area contributed by atoms with Gasteiger partial charge in [-0.1, -0.05) is 25.9 Å². The van der Waals surface area contributed by atoms with E-state index in [0.29, 0.717) is 5.88 Å². The maximum Gasteiger partial charge on any atom is 0.231 e. The van der Waals surface area contributed by atoms with Gasteiger partial charge in [-0.2, -0.15) is 0 Å². The Morgan fingerprint density at radius 1 is 1.62 bits per heavy atom. The summed E-state index contributed by atoms with van der Waals surface area (Å²) in [6.07, 6.45) is 0. The van der Waals surface area contributed by atoms with Crippen LogP contribution in [0.4, 0.5) is 5.88 Å². The highest BCUT2D eigenvalue weighted by atomic mass is 32.1. The average Bonchev–Trinajstić information content (AvgIpc) is 2.32.